The summed E-state index contributed by atoms with van der Waals surface area (Å²) >= 11 is 0. The summed E-state index contributed by atoms with van der Waals surface area (Å²) in [6.07, 6.45) is 0.326. The molecule has 1 aliphatic heterocycles. The monoisotopic (exact) mass is 299 g/mol. The number of aliphatic carboxylic acids is 1. The first kappa shape index (κ1) is 15.4. The van der Waals surface area contributed by atoms with Crippen molar-refractivity contribution >= 4 is 25.8 Å². The van der Waals surface area contributed by atoms with E-state index in [2.05, 4.69) is 4.72 Å². The zero-order chi connectivity index (χ0) is 13.8. The molecule has 0 radical (unpaired) electrons. The maximum Gasteiger partial charge on any atom is 0.303 e. The van der Waals surface area contributed by atoms with Gasteiger partial charge in [0.25, 0.3) is 0 Å². The lowest BCUT2D eigenvalue weighted by Gasteiger charge is -2.09. The average Bonchev–Trinajstić information content (AvgIpc) is 2.55. The Bertz CT molecular complexity index is 495. The van der Waals surface area contributed by atoms with Crippen LogP contribution in [0.3, 0.4) is 0 Å². The summed E-state index contributed by atoms with van der Waals surface area (Å²) in [7, 11) is -6.51. The van der Waals surface area contributed by atoms with Crippen LogP contribution in [0.5, 0.6) is 0 Å². The molecule has 0 saturated carbocycles. The minimum Gasteiger partial charge on any atom is -0.481 e. The highest BCUT2D eigenvalue weighted by Crippen LogP contribution is 2.17. The second-order valence-electron chi connectivity index (χ2n) is 4.43. The van der Waals surface area contributed by atoms with Crippen LogP contribution in [0.15, 0.2) is 0 Å². The lowest BCUT2D eigenvalue weighted by molar-refractivity contribution is -0.137. The van der Waals surface area contributed by atoms with Gasteiger partial charge < -0.3 is 5.11 Å². The second kappa shape index (κ2) is 5.98. The van der Waals surface area contributed by atoms with E-state index in [4.69, 9.17) is 5.11 Å². The quantitative estimate of drug-likeness (QED) is 0.636. The van der Waals surface area contributed by atoms with E-state index in [1.165, 1.54) is 0 Å². The van der Waals surface area contributed by atoms with Crippen molar-refractivity contribution in [3.05, 3.63) is 0 Å². The average molecular weight is 299 g/mol. The summed E-state index contributed by atoms with van der Waals surface area (Å²) < 4.78 is 47.6. The van der Waals surface area contributed by atoms with Crippen LogP contribution in [-0.4, -0.2) is 51.7 Å². The Hall–Kier alpha value is -0.670. The van der Waals surface area contributed by atoms with E-state index < -0.39 is 25.8 Å². The summed E-state index contributed by atoms with van der Waals surface area (Å²) in [4.78, 5) is 10.2. The van der Waals surface area contributed by atoms with Gasteiger partial charge in [-0.05, 0) is 18.8 Å². The van der Waals surface area contributed by atoms with Gasteiger partial charge in [0.2, 0.25) is 10.0 Å². The fourth-order valence-electron chi connectivity index (χ4n) is 1.76. The molecule has 1 rings (SSSR count). The zero-order valence-corrected chi connectivity index (χ0v) is 11.5. The standard InChI is InChI=1S/C9H17NO6S2/c11-9(12)2-1-4-18(15,16)10-6-8-3-5-17(13,14)7-8/h8,10H,1-7H2,(H,11,12). The van der Waals surface area contributed by atoms with Gasteiger partial charge in [0.05, 0.1) is 17.3 Å². The molecule has 0 aromatic rings. The Morgan fingerprint density at radius 3 is 2.56 bits per heavy atom. The molecule has 9 heteroatoms. The first-order chi connectivity index (χ1) is 8.20. The minimum atomic E-state index is -3.51. The summed E-state index contributed by atoms with van der Waals surface area (Å²) in [5.74, 6) is -1.33. The third-order valence-electron chi connectivity index (χ3n) is 2.72. The number of hydrogen-bond acceptors (Lipinski definition) is 5. The fraction of sp³-hybridized carbons (Fsp3) is 0.889. The number of hydrogen-bond donors (Lipinski definition) is 2. The van der Waals surface area contributed by atoms with Crippen LogP contribution in [0, 0.1) is 5.92 Å². The van der Waals surface area contributed by atoms with Gasteiger partial charge >= 0.3 is 5.97 Å². The van der Waals surface area contributed by atoms with E-state index in [-0.39, 0.29) is 42.6 Å². The van der Waals surface area contributed by atoms with E-state index in [0.717, 1.165) is 0 Å². The van der Waals surface area contributed by atoms with Gasteiger partial charge in [0.1, 0.15) is 0 Å². The van der Waals surface area contributed by atoms with Crippen molar-refractivity contribution in [2.24, 2.45) is 5.92 Å². The molecule has 2 N–H and O–H groups in total. The number of sulfonamides is 1. The molecule has 18 heavy (non-hydrogen) atoms. The van der Waals surface area contributed by atoms with Gasteiger partial charge in [-0.15, -0.1) is 0 Å². The summed E-state index contributed by atoms with van der Waals surface area (Å²) in [5, 5.41) is 8.39. The second-order valence-corrected chi connectivity index (χ2v) is 8.59. The molecule has 1 unspecified atom stereocenters. The molecule has 0 amide bonds. The van der Waals surface area contributed by atoms with Crippen LogP contribution in [-0.2, 0) is 24.7 Å². The van der Waals surface area contributed by atoms with E-state index >= 15 is 0 Å². The van der Waals surface area contributed by atoms with Gasteiger partial charge in [-0.25, -0.2) is 21.6 Å². The van der Waals surface area contributed by atoms with Gasteiger partial charge in [0, 0.05) is 13.0 Å². The lowest BCUT2D eigenvalue weighted by atomic mass is 10.1. The predicted octanol–water partition coefficient (Wildman–Crippen LogP) is -0.795. The van der Waals surface area contributed by atoms with Crippen molar-refractivity contribution in [1.82, 2.24) is 4.72 Å². The van der Waals surface area contributed by atoms with E-state index in [0.29, 0.717) is 6.42 Å². The number of rotatable bonds is 7. The number of nitrogens with one attached hydrogen (secondary N) is 1. The number of sulfone groups is 1. The molecule has 1 heterocycles. The van der Waals surface area contributed by atoms with Gasteiger partial charge in [0.15, 0.2) is 9.84 Å². The predicted molar refractivity (Wildman–Crippen MR) is 65.4 cm³/mol. The Labute approximate surface area is 107 Å². The molecule has 0 aliphatic carbocycles. The number of carboxylic acid groups (broad SMARTS) is 1. The molecule has 7 nitrogen and oxygen atoms in total. The molecule has 0 bridgehead atoms. The van der Waals surface area contributed by atoms with Gasteiger partial charge in [-0.1, -0.05) is 0 Å². The molecular weight excluding hydrogens is 282 g/mol. The van der Waals surface area contributed by atoms with E-state index in [1.54, 1.807) is 0 Å². The Morgan fingerprint density at radius 2 is 2.06 bits per heavy atom. The first-order valence-corrected chi connectivity index (χ1v) is 9.07. The highest BCUT2D eigenvalue weighted by molar-refractivity contribution is 7.91. The van der Waals surface area contributed by atoms with Crippen LogP contribution in [0.1, 0.15) is 19.3 Å². The molecule has 1 atom stereocenters. The first-order valence-electron chi connectivity index (χ1n) is 5.60. The van der Waals surface area contributed by atoms with Crippen molar-refractivity contribution in [1.29, 1.82) is 0 Å². The van der Waals surface area contributed by atoms with Crippen LogP contribution in [0.4, 0.5) is 0 Å². The minimum absolute atomic E-state index is 0.0185. The molecule has 1 saturated heterocycles. The van der Waals surface area contributed by atoms with Crippen LogP contribution in [0.25, 0.3) is 0 Å². The normalized spacial score (nSPS) is 23.0. The summed E-state index contributed by atoms with van der Waals surface area (Å²) in [6, 6.07) is 0. The Kier molecular flexibility index (Phi) is 5.11. The maximum absolute atomic E-state index is 11.5. The third kappa shape index (κ3) is 5.78. The van der Waals surface area contributed by atoms with E-state index in [1.807, 2.05) is 0 Å². The molecule has 1 fully saturated rings. The maximum atomic E-state index is 11.5. The molecule has 106 valence electrons. The number of carbonyl (C=O) groups is 1. The zero-order valence-electron chi connectivity index (χ0n) is 9.83. The smallest absolute Gasteiger partial charge is 0.303 e. The van der Waals surface area contributed by atoms with Gasteiger partial charge in [-0.3, -0.25) is 4.79 Å². The molecule has 0 aromatic heterocycles. The Morgan fingerprint density at radius 1 is 1.39 bits per heavy atom. The van der Waals surface area contributed by atoms with Crippen LogP contribution < -0.4 is 4.72 Å². The molecule has 1 aliphatic rings. The Balaban J connectivity index is 2.32. The van der Waals surface area contributed by atoms with Crippen molar-refractivity contribution in [3.8, 4) is 0 Å². The number of carboxylic acids is 1. The van der Waals surface area contributed by atoms with Crippen molar-refractivity contribution < 1.29 is 26.7 Å². The largest absolute Gasteiger partial charge is 0.481 e. The molecule has 0 spiro atoms. The topological polar surface area (TPSA) is 118 Å². The van der Waals surface area contributed by atoms with Gasteiger partial charge in [-0.2, -0.15) is 0 Å². The highest BCUT2D eigenvalue weighted by atomic mass is 32.2. The highest BCUT2D eigenvalue weighted by Gasteiger charge is 2.28. The van der Waals surface area contributed by atoms with Crippen molar-refractivity contribution in [2.75, 3.05) is 23.8 Å². The lowest BCUT2D eigenvalue weighted by Crippen LogP contribution is -2.31. The summed E-state index contributed by atoms with van der Waals surface area (Å²) in [5.41, 5.74) is 0. The van der Waals surface area contributed by atoms with Crippen LogP contribution >= 0.6 is 0 Å². The fourth-order valence-corrected chi connectivity index (χ4v) is 4.78. The van der Waals surface area contributed by atoms with Crippen molar-refractivity contribution in [3.63, 3.8) is 0 Å². The van der Waals surface area contributed by atoms with E-state index in [9.17, 15) is 21.6 Å². The van der Waals surface area contributed by atoms with Crippen LogP contribution in [0.2, 0.25) is 0 Å². The van der Waals surface area contributed by atoms with Crippen molar-refractivity contribution in [2.45, 2.75) is 19.3 Å². The molecular formula is C9H17NO6S2. The molecule has 0 aromatic carbocycles. The third-order valence-corrected chi connectivity index (χ3v) is 5.99. The SMILES string of the molecule is O=C(O)CCCS(=O)(=O)NCC1CCS(=O)(=O)C1. The summed E-state index contributed by atoms with van der Waals surface area (Å²) in [6.45, 7) is 0.106.